The van der Waals surface area contributed by atoms with E-state index >= 15 is 0 Å². The van der Waals surface area contributed by atoms with Gasteiger partial charge in [0.15, 0.2) is 17.3 Å². The molecule has 0 atom stereocenters. The van der Waals surface area contributed by atoms with Crippen LogP contribution in [0.2, 0.25) is 0 Å². The van der Waals surface area contributed by atoms with Crippen molar-refractivity contribution >= 4 is 11.1 Å². The van der Waals surface area contributed by atoms with Gasteiger partial charge in [0, 0.05) is 23.1 Å². The molecule has 4 nitrogen and oxygen atoms in total. The van der Waals surface area contributed by atoms with Crippen LogP contribution in [0.25, 0.3) is 67.3 Å². The van der Waals surface area contributed by atoms with Crippen molar-refractivity contribution < 1.29 is 4.42 Å². The van der Waals surface area contributed by atoms with Gasteiger partial charge in [0.05, 0.1) is 11.4 Å². The SMILES string of the molecule is CCc1nc2cc(-c3cccc(-c4nc(-c5ccccc5)cc(-c5ccc(-c6ccccc6)cc5)n4)c3)ccc2o1. The predicted octanol–water partition coefficient (Wildman–Crippen LogP) is 9.52. The lowest BCUT2D eigenvalue weighted by Crippen LogP contribution is -1.96. The smallest absolute Gasteiger partial charge is 0.195 e. The maximum atomic E-state index is 5.81. The van der Waals surface area contributed by atoms with Gasteiger partial charge in [-0.2, -0.15) is 0 Å². The number of benzene rings is 5. The van der Waals surface area contributed by atoms with Crippen LogP contribution in [0, 0.1) is 0 Å². The number of nitrogens with zero attached hydrogens (tertiary/aromatic N) is 3. The minimum Gasteiger partial charge on any atom is -0.441 e. The first-order chi connectivity index (χ1) is 20.2. The first-order valence-electron chi connectivity index (χ1n) is 13.8. The molecule has 0 radical (unpaired) electrons. The van der Waals surface area contributed by atoms with E-state index in [1.54, 1.807) is 0 Å². The average molecular weight is 530 g/mol. The minimum absolute atomic E-state index is 0.686. The minimum atomic E-state index is 0.686. The first kappa shape index (κ1) is 24.7. The Labute approximate surface area is 239 Å². The largest absolute Gasteiger partial charge is 0.441 e. The fourth-order valence-electron chi connectivity index (χ4n) is 5.09. The summed E-state index contributed by atoms with van der Waals surface area (Å²) in [6.45, 7) is 2.05. The van der Waals surface area contributed by atoms with E-state index in [1.165, 1.54) is 11.1 Å². The summed E-state index contributed by atoms with van der Waals surface area (Å²) in [5, 5.41) is 0. The summed E-state index contributed by atoms with van der Waals surface area (Å²) in [4.78, 5) is 14.7. The molecule has 2 aromatic heterocycles. The van der Waals surface area contributed by atoms with E-state index in [0.29, 0.717) is 5.82 Å². The van der Waals surface area contributed by atoms with Crippen LogP contribution in [0.4, 0.5) is 0 Å². The molecule has 41 heavy (non-hydrogen) atoms. The van der Waals surface area contributed by atoms with Gasteiger partial charge in [-0.05, 0) is 46.5 Å². The molecule has 0 spiro atoms. The first-order valence-corrected chi connectivity index (χ1v) is 13.8. The maximum absolute atomic E-state index is 5.81. The molecule has 0 saturated heterocycles. The van der Waals surface area contributed by atoms with E-state index < -0.39 is 0 Å². The molecule has 0 aliphatic rings. The molecule has 0 amide bonds. The molecule has 7 aromatic rings. The summed E-state index contributed by atoms with van der Waals surface area (Å²) in [6.07, 6.45) is 0.770. The van der Waals surface area contributed by atoms with E-state index in [2.05, 4.69) is 108 Å². The molecule has 4 heteroatoms. The Kier molecular flexibility index (Phi) is 6.42. The van der Waals surface area contributed by atoms with Gasteiger partial charge in [0.25, 0.3) is 0 Å². The Hall–Kier alpha value is -5.35. The molecule has 2 heterocycles. The number of aromatic nitrogens is 3. The molecule has 0 aliphatic carbocycles. The van der Waals surface area contributed by atoms with Gasteiger partial charge in [0.1, 0.15) is 5.52 Å². The van der Waals surface area contributed by atoms with Gasteiger partial charge in [-0.15, -0.1) is 0 Å². The van der Waals surface area contributed by atoms with Crippen LogP contribution in [0.1, 0.15) is 12.8 Å². The molecular formula is C37H27N3O. The van der Waals surface area contributed by atoms with Crippen molar-refractivity contribution in [3.05, 3.63) is 139 Å². The number of hydrogen-bond donors (Lipinski definition) is 0. The fraction of sp³-hybridized carbons (Fsp3) is 0.0541. The number of oxazole rings is 1. The molecule has 196 valence electrons. The highest BCUT2D eigenvalue weighted by molar-refractivity contribution is 5.82. The third-order valence-electron chi connectivity index (χ3n) is 7.27. The Bertz CT molecular complexity index is 1960. The second kappa shape index (κ2) is 10.7. The van der Waals surface area contributed by atoms with Gasteiger partial charge in [0.2, 0.25) is 0 Å². The summed E-state index contributed by atoms with van der Waals surface area (Å²) >= 11 is 0. The topological polar surface area (TPSA) is 51.8 Å². The van der Waals surface area contributed by atoms with E-state index in [0.717, 1.165) is 62.6 Å². The Morgan fingerprint density at radius 1 is 0.463 bits per heavy atom. The van der Waals surface area contributed by atoms with Crippen LogP contribution in [0.3, 0.4) is 0 Å². The Balaban J connectivity index is 1.31. The number of hydrogen-bond acceptors (Lipinski definition) is 4. The highest BCUT2D eigenvalue weighted by atomic mass is 16.3. The van der Waals surface area contributed by atoms with Crippen molar-refractivity contribution in [2.75, 3.05) is 0 Å². The summed E-state index contributed by atoms with van der Waals surface area (Å²) in [7, 11) is 0. The fourth-order valence-corrected chi connectivity index (χ4v) is 5.09. The van der Waals surface area contributed by atoms with Crippen LogP contribution in [0.5, 0.6) is 0 Å². The van der Waals surface area contributed by atoms with Gasteiger partial charge >= 0.3 is 0 Å². The van der Waals surface area contributed by atoms with Crippen LogP contribution < -0.4 is 0 Å². The van der Waals surface area contributed by atoms with Crippen molar-refractivity contribution in [2.45, 2.75) is 13.3 Å². The molecule has 0 saturated carbocycles. The quantitative estimate of drug-likeness (QED) is 0.215. The Morgan fingerprint density at radius 3 is 1.71 bits per heavy atom. The van der Waals surface area contributed by atoms with E-state index in [1.807, 2.05) is 37.3 Å². The monoisotopic (exact) mass is 529 g/mol. The van der Waals surface area contributed by atoms with Crippen LogP contribution >= 0.6 is 0 Å². The standard InChI is InChI=1S/C37H27N3O/c1-2-36-38-34-23-30(20-21-35(34)41-36)29-14-9-15-31(22-29)37-39-32(27-12-7-4-8-13-27)24-33(40-37)28-18-16-26(17-19-28)25-10-5-3-6-11-25/h3-24H,2H2,1H3. The second-order valence-corrected chi connectivity index (χ2v) is 10.00. The van der Waals surface area contributed by atoms with E-state index in [9.17, 15) is 0 Å². The number of rotatable bonds is 6. The third-order valence-corrected chi connectivity index (χ3v) is 7.27. The van der Waals surface area contributed by atoms with E-state index in [-0.39, 0.29) is 0 Å². The summed E-state index contributed by atoms with van der Waals surface area (Å²) in [5.74, 6) is 1.44. The highest BCUT2D eigenvalue weighted by Crippen LogP contribution is 2.32. The van der Waals surface area contributed by atoms with Crippen LogP contribution in [0.15, 0.2) is 138 Å². The van der Waals surface area contributed by atoms with Gasteiger partial charge < -0.3 is 4.42 Å². The molecule has 0 N–H and O–H groups in total. The van der Waals surface area contributed by atoms with Crippen LogP contribution in [-0.4, -0.2) is 15.0 Å². The molecule has 0 unspecified atom stereocenters. The normalized spacial score (nSPS) is 11.1. The van der Waals surface area contributed by atoms with Gasteiger partial charge in [-0.1, -0.05) is 116 Å². The lowest BCUT2D eigenvalue weighted by atomic mass is 10.0. The number of aryl methyl sites for hydroxylation is 1. The highest BCUT2D eigenvalue weighted by Gasteiger charge is 2.13. The summed E-state index contributed by atoms with van der Waals surface area (Å²) in [6, 6.07) is 45.9. The van der Waals surface area contributed by atoms with Crippen LogP contribution in [-0.2, 0) is 6.42 Å². The molecule has 0 fully saturated rings. The van der Waals surface area contributed by atoms with Gasteiger partial charge in [-0.25, -0.2) is 15.0 Å². The zero-order valence-corrected chi connectivity index (χ0v) is 22.7. The molecular weight excluding hydrogens is 502 g/mol. The second-order valence-electron chi connectivity index (χ2n) is 10.00. The molecule has 5 aromatic carbocycles. The van der Waals surface area contributed by atoms with Crippen molar-refractivity contribution in [3.63, 3.8) is 0 Å². The zero-order valence-electron chi connectivity index (χ0n) is 22.7. The molecule has 0 bridgehead atoms. The van der Waals surface area contributed by atoms with Gasteiger partial charge in [-0.3, -0.25) is 0 Å². The van der Waals surface area contributed by atoms with E-state index in [4.69, 9.17) is 14.4 Å². The lowest BCUT2D eigenvalue weighted by Gasteiger charge is -2.11. The third kappa shape index (κ3) is 5.04. The Morgan fingerprint density at radius 2 is 1.00 bits per heavy atom. The zero-order chi connectivity index (χ0) is 27.6. The average Bonchev–Trinajstić information content (AvgIpc) is 3.48. The molecule has 7 rings (SSSR count). The lowest BCUT2D eigenvalue weighted by molar-refractivity contribution is 0.538. The summed E-state index contributed by atoms with van der Waals surface area (Å²) < 4.78 is 5.81. The maximum Gasteiger partial charge on any atom is 0.195 e. The summed E-state index contributed by atoms with van der Waals surface area (Å²) in [5.41, 5.74) is 11.0. The van der Waals surface area contributed by atoms with Crippen molar-refractivity contribution in [1.82, 2.24) is 15.0 Å². The molecule has 0 aliphatic heterocycles. The van der Waals surface area contributed by atoms with Crippen molar-refractivity contribution in [2.24, 2.45) is 0 Å². The van der Waals surface area contributed by atoms with Crippen molar-refractivity contribution in [1.29, 1.82) is 0 Å². The predicted molar refractivity (Wildman–Crippen MR) is 166 cm³/mol. The van der Waals surface area contributed by atoms with Crippen molar-refractivity contribution in [3.8, 4) is 56.2 Å². The number of fused-ring (bicyclic) bond motifs is 1.